The second-order valence-corrected chi connectivity index (χ2v) is 1.46. The van der Waals surface area contributed by atoms with Gasteiger partial charge in [0.25, 0.3) is 0 Å². The van der Waals surface area contributed by atoms with Gasteiger partial charge in [0.2, 0.25) is 0 Å². The van der Waals surface area contributed by atoms with Crippen molar-refractivity contribution in [3.8, 4) is 18.2 Å². The van der Waals surface area contributed by atoms with Gasteiger partial charge in [-0.25, -0.2) is 0 Å². The van der Waals surface area contributed by atoms with E-state index in [9.17, 15) is 0 Å². The van der Waals surface area contributed by atoms with Crippen molar-refractivity contribution in [3.63, 3.8) is 0 Å². The molecule has 0 heterocycles. The fourth-order valence-electron chi connectivity index (χ4n) is 0.336. The van der Waals surface area contributed by atoms with E-state index in [1.54, 1.807) is 18.2 Å². The maximum atomic E-state index is 8.22. The van der Waals surface area contributed by atoms with Gasteiger partial charge in [-0.05, 0) is 0 Å². The minimum Gasteiger partial charge on any atom is -0.400 e. The van der Waals surface area contributed by atoms with E-state index < -0.39 is 5.92 Å². The molecule has 0 aliphatic rings. The Balaban J connectivity index is 4.42. The molecule has 0 rings (SSSR count). The highest BCUT2D eigenvalue weighted by Gasteiger charge is 2.06. The summed E-state index contributed by atoms with van der Waals surface area (Å²) in [6.07, 6.45) is 0.983. The molecular formula is C6H4N4. The molecule has 0 atom stereocenters. The largest absolute Gasteiger partial charge is 0.400 e. The van der Waals surface area contributed by atoms with Crippen LogP contribution in [-0.4, -0.2) is 0 Å². The lowest BCUT2D eigenvalue weighted by atomic mass is 10.1. The maximum Gasteiger partial charge on any atom is 0.173 e. The van der Waals surface area contributed by atoms with Gasteiger partial charge in [-0.3, -0.25) is 0 Å². The fraction of sp³-hybridized carbons (Fsp3) is 0.167. The molecule has 0 aromatic heterocycles. The molecule has 2 N–H and O–H groups in total. The van der Waals surface area contributed by atoms with E-state index in [1.165, 1.54) is 0 Å². The molecule has 0 amide bonds. The lowest BCUT2D eigenvalue weighted by molar-refractivity contribution is 0.973. The number of nitriles is 3. The van der Waals surface area contributed by atoms with Gasteiger partial charge in [0.15, 0.2) is 5.92 Å². The van der Waals surface area contributed by atoms with Crippen molar-refractivity contribution in [1.29, 1.82) is 15.8 Å². The van der Waals surface area contributed by atoms with E-state index in [2.05, 4.69) is 0 Å². The molecule has 10 heavy (non-hydrogen) atoms. The van der Waals surface area contributed by atoms with E-state index in [0.717, 1.165) is 6.08 Å². The second kappa shape index (κ2) is 3.95. The Bertz CT molecular complexity index is 243. The molecule has 0 spiro atoms. The van der Waals surface area contributed by atoms with Crippen LogP contribution in [-0.2, 0) is 0 Å². The van der Waals surface area contributed by atoms with Crippen LogP contribution in [0.1, 0.15) is 0 Å². The molecule has 0 bridgehead atoms. The Kier molecular flexibility index (Phi) is 3.16. The van der Waals surface area contributed by atoms with Gasteiger partial charge in [-0.2, -0.15) is 15.8 Å². The Morgan fingerprint density at radius 1 is 1.30 bits per heavy atom. The summed E-state index contributed by atoms with van der Waals surface area (Å²) in [6, 6.07) is 4.89. The number of hydrogen-bond donors (Lipinski definition) is 1. The lowest BCUT2D eigenvalue weighted by Gasteiger charge is -1.93. The van der Waals surface area contributed by atoms with Crippen molar-refractivity contribution < 1.29 is 0 Å². The van der Waals surface area contributed by atoms with Crippen LogP contribution < -0.4 is 5.73 Å². The number of nitrogens with zero attached hydrogens (tertiary/aromatic N) is 3. The van der Waals surface area contributed by atoms with Crippen molar-refractivity contribution in [2.75, 3.05) is 0 Å². The zero-order chi connectivity index (χ0) is 7.98. The SMILES string of the molecule is N#C/C=C(/N)C(C#N)C#N. The monoisotopic (exact) mass is 132 g/mol. The first-order valence-corrected chi connectivity index (χ1v) is 2.40. The van der Waals surface area contributed by atoms with E-state index in [1.807, 2.05) is 0 Å². The van der Waals surface area contributed by atoms with Gasteiger partial charge in [-0.1, -0.05) is 0 Å². The first kappa shape index (κ1) is 8.01. The Labute approximate surface area is 58.4 Å². The van der Waals surface area contributed by atoms with Crippen molar-refractivity contribution >= 4 is 0 Å². The van der Waals surface area contributed by atoms with Crippen molar-refractivity contribution in [3.05, 3.63) is 11.8 Å². The third kappa shape index (κ3) is 1.86. The number of allylic oxidation sites excluding steroid dienone is 2. The molecule has 0 saturated carbocycles. The van der Waals surface area contributed by atoms with Crippen LogP contribution in [0.25, 0.3) is 0 Å². The summed E-state index contributed by atoms with van der Waals surface area (Å²) in [7, 11) is 0. The summed E-state index contributed by atoms with van der Waals surface area (Å²) in [5.41, 5.74) is 5.14. The minimum absolute atomic E-state index is 0.00694. The molecule has 0 aromatic rings. The van der Waals surface area contributed by atoms with E-state index in [-0.39, 0.29) is 5.70 Å². The molecule has 0 saturated heterocycles. The van der Waals surface area contributed by atoms with Gasteiger partial charge < -0.3 is 5.73 Å². The van der Waals surface area contributed by atoms with Gasteiger partial charge in [-0.15, -0.1) is 0 Å². The molecule has 0 aliphatic carbocycles. The molecule has 0 fully saturated rings. The zero-order valence-corrected chi connectivity index (χ0v) is 5.07. The molecular weight excluding hydrogens is 128 g/mol. The highest BCUT2D eigenvalue weighted by molar-refractivity contribution is 5.24. The highest BCUT2D eigenvalue weighted by atomic mass is 14.6. The van der Waals surface area contributed by atoms with Crippen molar-refractivity contribution in [2.24, 2.45) is 11.7 Å². The summed E-state index contributed by atoms with van der Waals surface area (Å²) in [6.45, 7) is 0. The number of rotatable bonds is 1. The Morgan fingerprint density at radius 2 is 1.80 bits per heavy atom. The lowest BCUT2D eigenvalue weighted by Crippen LogP contribution is -2.07. The van der Waals surface area contributed by atoms with Gasteiger partial charge in [0.05, 0.1) is 23.9 Å². The zero-order valence-electron chi connectivity index (χ0n) is 5.07. The van der Waals surface area contributed by atoms with Gasteiger partial charge >= 0.3 is 0 Å². The predicted octanol–water partition coefficient (Wildman–Crippen LogP) is 0.0159. The third-order valence-electron chi connectivity index (χ3n) is 0.823. The Morgan fingerprint density at radius 3 is 2.10 bits per heavy atom. The van der Waals surface area contributed by atoms with Crippen LogP contribution in [0.3, 0.4) is 0 Å². The van der Waals surface area contributed by atoms with Crippen LogP contribution in [0, 0.1) is 39.9 Å². The number of nitrogens with two attached hydrogens (primary N) is 1. The predicted molar refractivity (Wildman–Crippen MR) is 32.6 cm³/mol. The normalized spacial score (nSPS) is 9.60. The molecule has 0 radical (unpaired) electrons. The fourth-order valence-corrected chi connectivity index (χ4v) is 0.336. The standard InChI is InChI=1S/C6H4N4/c7-2-1-6(10)5(3-8)4-9/h1,5H,10H2/b6-1+. The molecule has 4 heteroatoms. The van der Waals surface area contributed by atoms with Crippen LogP contribution in [0.2, 0.25) is 0 Å². The average molecular weight is 132 g/mol. The quantitative estimate of drug-likeness (QED) is 0.508. The topological polar surface area (TPSA) is 97.4 Å². The Hall–Kier alpha value is -1.99. The van der Waals surface area contributed by atoms with E-state index >= 15 is 0 Å². The molecule has 0 aliphatic heterocycles. The van der Waals surface area contributed by atoms with Crippen molar-refractivity contribution in [1.82, 2.24) is 0 Å². The van der Waals surface area contributed by atoms with E-state index in [0.29, 0.717) is 0 Å². The first-order chi connectivity index (χ1) is 4.76. The molecule has 4 nitrogen and oxygen atoms in total. The first-order valence-electron chi connectivity index (χ1n) is 2.40. The van der Waals surface area contributed by atoms with Crippen LogP contribution in [0.5, 0.6) is 0 Å². The smallest absolute Gasteiger partial charge is 0.173 e. The summed E-state index contributed by atoms with van der Waals surface area (Å²) < 4.78 is 0. The van der Waals surface area contributed by atoms with E-state index in [4.69, 9.17) is 21.5 Å². The summed E-state index contributed by atoms with van der Waals surface area (Å²) in [5.74, 6) is -1.00. The van der Waals surface area contributed by atoms with Crippen molar-refractivity contribution in [2.45, 2.75) is 0 Å². The van der Waals surface area contributed by atoms with Crippen LogP contribution in [0.15, 0.2) is 11.8 Å². The van der Waals surface area contributed by atoms with Gasteiger partial charge in [0.1, 0.15) is 0 Å². The summed E-state index contributed by atoms with van der Waals surface area (Å²) in [5, 5.41) is 24.5. The molecule has 0 aromatic carbocycles. The summed E-state index contributed by atoms with van der Waals surface area (Å²) in [4.78, 5) is 0. The van der Waals surface area contributed by atoms with Gasteiger partial charge in [0, 0.05) is 6.08 Å². The maximum absolute atomic E-state index is 8.22. The highest BCUT2D eigenvalue weighted by Crippen LogP contribution is 2.00. The van der Waals surface area contributed by atoms with Crippen LogP contribution in [0.4, 0.5) is 0 Å². The average Bonchev–Trinajstić information content (AvgIpc) is 1.91. The summed E-state index contributed by atoms with van der Waals surface area (Å²) >= 11 is 0. The second-order valence-electron chi connectivity index (χ2n) is 1.46. The number of hydrogen-bond acceptors (Lipinski definition) is 4. The molecule has 48 valence electrons. The minimum atomic E-state index is -1.00. The van der Waals surface area contributed by atoms with Crippen LogP contribution >= 0.6 is 0 Å². The third-order valence-corrected chi connectivity index (χ3v) is 0.823. The molecule has 0 unspecified atom stereocenters.